The molecule has 0 saturated carbocycles. The normalized spacial score (nSPS) is 15.6. The monoisotopic (exact) mass is 182 g/mol. The van der Waals surface area contributed by atoms with Crippen LogP contribution in [-0.4, -0.2) is 6.61 Å². The van der Waals surface area contributed by atoms with E-state index in [-0.39, 0.29) is 0 Å². The lowest BCUT2D eigenvalue weighted by Gasteiger charge is -2.10. The minimum absolute atomic E-state index is 0.696. The number of hydrogen-bond donors (Lipinski definition) is 1. The lowest BCUT2D eigenvalue weighted by molar-refractivity contribution is 0.206. The highest BCUT2D eigenvalue weighted by atomic mass is 32.1. The van der Waals surface area contributed by atoms with Crippen molar-refractivity contribution < 1.29 is 4.74 Å². The highest BCUT2D eigenvalue weighted by Gasteiger charge is 1.99. The van der Waals surface area contributed by atoms with Gasteiger partial charge in [-0.3, -0.25) is 0 Å². The fraction of sp³-hybridized carbons (Fsp3) is 0.400. The summed E-state index contributed by atoms with van der Waals surface area (Å²) in [4.78, 5) is 0.877. The largest absolute Gasteiger partial charge is 0.498 e. The molecule has 1 aliphatic rings. The minimum atomic E-state index is 0.696. The minimum Gasteiger partial charge on any atom is -0.498 e. The first-order valence-electron chi connectivity index (χ1n) is 4.14. The van der Waals surface area contributed by atoms with Gasteiger partial charge in [-0.25, -0.2) is 0 Å². The second kappa shape index (κ2) is 5.09. The third kappa shape index (κ3) is 3.67. The molecule has 0 aliphatic heterocycles. The zero-order chi connectivity index (χ0) is 8.81. The molecule has 0 amide bonds. The van der Waals surface area contributed by atoms with Gasteiger partial charge in [0.05, 0.1) is 12.4 Å². The third-order valence-electron chi connectivity index (χ3n) is 1.65. The molecule has 0 bridgehead atoms. The van der Waals surface area contributed by atoms with E-state index in [0.717, 1.165) is 29.9 Å². The molecule has 2 heteroatoms. The van der Waals surface area contributed by atoms with Crippen LogP contribution in [0.5, 0.6) is 0 Å². The van der Waals surface area contributed by atoms with Crippen LogP contribution in [0.3, 0.4) is 0 Å². The van der Waals surface area contributed by atoms with Crippen LogP contribution in [0.2, 0.25) is 0 Å². The predicted octanol–water partition coefficient (Wildman–Crippen LogP) is 3.07. The summed E-state index contributed by atoms with van der Waals surface area (Å²) >= 11 is 4.09. The average molecular weight is 182 g/mol. The Morgan fingerprint density at radius 2 is 2.50 bits per heavy atom. The van der Waals surface area contributed by atoms with Crippen LogP contribution >= 0.6 is 12.6 Å². The van der Waals surface area contributed by atoms with Gasteiger partial charge >= 0.3 is 0 Å². The van der Waals surface area contributed by atoms with E-state index < -0.39 is 0 Å². The first kappa shape index (κ1) is 9.46. The quantitative estimate of drug-likeness (QED) is 0.657. The highest BCUT2D eigenvalue weighted by Crippen LogP contribution is 2.14. The van der Waals surface area contributed by atoms with Gasteiger partial charge in [0.1, 0.15) is 0 Å². The van der Waals surface area contributed by atoms with Gasteiger partial charge in [0.25, 0.3) is 0 Å². The van der Waals surface area contributed by atoms with Gasteiger partial charge in [-0.05, 0) is 17.4 Å². The maximum atomic E-state index is 5.49. The van der Waals surface area contributed by atoms with Crippen LogP contribution < -0.4 is 0 Å². The first-order valence-corrected chi connectivity index (χ1v) is 4.59. The zero-order valence-electron chi connectivity index (χ0n) is 7.12. The van der Waals surface area contributed by atoms with E-state index in [1.54, 1.807) is 0 Å². The topological polar surface area (TPSA) is 9.23 Å². The molecule has 66 valence electrons. The molecule has 0 N–H and O–H groups in total. The lowest BCUT2D eigenvalue weighted by atomic mass is 10.2. The Hall–Kier alpha value is -0.630. The second-order valence-electron chi connectivity index (χ2n) is 2.76. The molecule has 0 heterocycles. The SMILES string of the molecule is C=C(S)CCOC1=CC=CCC1. The van der Waals surface area contributed by atoms with Crippen LogP contribution in [0.4, 0.5) is 0 Å². The highest BCUT2D eigenvalue weighted by molar-refractivity contribution is 7.84. The molecule has 0 unspecified atom stereocenters. The van der Waals surface area contributed by atoms with Crippen molar-refractivity contribution in [3.05, 3.63) is 35.5 Å². The summed E-state index contributed by atoms with van der Waals surface area (Å²) in [7, 11) is 0. The smallest absolute Gasteiger partial charge is 0.0962 e. The van der Waals surface area contributed by atoms with Crippen LogP contribution in [0.25, 0.3) is 0 Å². The molecule has 0 saturated heterocycles. The molecule has 0 spiro atoms. The Balaban J connectivity index is 2.18. The molecule has 0 aromatic rings. The second-order valence-corrected chi connectivity index (χ2v) is 3.40. The van der Waals surface area contributed by atoms with Crippen molar-refractivity contribution in [3.63, 3.8) is 0 Å². The number of rotatable bonds is 4. The van der Waals surface area contributed by atoms with Gasteiger partial charge in [0.15, 0.2) is 0 Å². The van der Waals surface area contributed by atoms with Crippen molar-refractivity contribution in [1.29, 1.82) is 0 Å². The Morgan fingerprint density at radius 3 is 3.08 bits per heavy atom. The average Bonchev–Trinajstić information content (AvgIpc) is 2.05. The molecule has 12 heavy (non-hydrogen) atoms. The van der Waals surface area contributed by atoms with Crippen molar-refractivity contribution in [1.82, 2.24) is 0 Å². The van der Waals surface area contributed by atoms with Crippen LogP contribution in [-0.2, 0) is 4.74 Å². The van der Waals surface area contributed by atoms with Gasteiger partial charge in [0, 0.05) is 12.8 Å². The summed E-state index contributed by atoms with van der Waals surface area (Å²) in [6.45, 7) is 4.38. The van der Waals surface area contributed by atoms with Crippen LogP contribution in [0, 0.1) is 0 Å². The van der Waals surface area contributed by atoms with Crippen LogP contribution in [0.15, 0.2) is 35.5 Å². The maximum Gasteiger partial charge on any atom is 0.0962 e. The third-order valence-corrected chi connectivity index (χ3v) is 1.88. The molecular weight excluding hydrogens is 168 g/mol. The van der Waals surface area contributed by atoms with E-state index in [2.05, 4.69) is 25.3 Å². The van der Waals surface area contributed by atoms with Crippen molar-refractivity contribution in [2.45, 2.75) is 19.3 Å². The zero-order valence-corrected chi connectivity index (χ0v) is 8.02. The lowest BCUT2D eigenvalue weighted by Crippen LogP contribution is -1.96. The van der Waals surface area contributed by atoms with Crippen LogP contribution in [0.1, 0.15) is 19.3 Å². The fourth-order valence-corrected chi connectivity index (χ4v) is 1.09. The molecule has 1 rings (SSSR count). The molecule has 1 aliphatic carbocycles. The molecular formula is C10H14OS. The summed E-state index contributed by atoms with van der Waals surface area (Å²) in [5.74, 6) is 1.08. The van der Waals surface area contributed by atoms with Gasteiger partial charge in [-0.1, -0.05) is 18.7 Å². The van der Waals surface area contributed by atoms with E-state index in [1.807, 2.05) is 12.2 Å². The number of allylic oxidation sites excluding steroid dienone is 4. The van der Waals surface area contributed by atoms with E-state index in [1.165, 1.54) is 0 Å². The Morgan fingerprint density at radius 1 is 1.67 bits per heavy atom. The van der Waals surface area contributed by atoms with Crippen molar-refractivity contribution in [2.24, 2.45) is 0 Å². The van der Waals surface area contributed by atoms with E-state index in [4.69, 9.17) is 4.74 Å². The predicted molar refractivity (Wildman–Crippen MR) is 55.2 cm³/mol. The van der Waals surface area contributed by atoms with Gasteiger partial charge in [0.2, 0.25) is 0 Å². The molecule has 1 nitrogen and oxygen atoms in total. The van der Waals surface area contributed by atoms with Crippen molar-refractivity contribution >= 4 is 12.6 Å². The summed E-state index contributed by atoms with van der Waals surface area (Å²) in [6, 6.07) is 0. The summed E-state index contributed by atoms with van der Waals surface area (Å²) in [5.41, 5.74) is 0. The number of hydrogen-bond acceptors (Lipinski definition) is 2. The summed E-state index contributed by atoms with van der Waals surface area (Å²) in [6.07, 6.45) is 9.14. The summed E-state index contributed by atoms with van der Waals surface area (Å²) < 4.78 is 5.49. The van der Waals surface area contributed by atoms with Gasteiger partial charge < -0.3 is 4.74 Å². The maximum absolute atomic E-state index is 5.49. The molecule has 0 atom stereocenters. The number of thiol groups is 1. The van der Waals surface area contributed by atoms with Crippen molar-refractivity contribution in [2.75, 3.05) is 6.61 Å². The van der Waals surface area contributed by atoms with E-state index >= 15 is 0 Å². The van der Waals surface area contributed by atoms with Crippen molar-refractivity contribution in [3.8, 4) is 0 Å². The standard InChI is InChI=1S/C10H14OS/c1-9(12)7-8-11-10-5-3-2-4-6-10/h2-3,5,12H,1,4,6-8H2. The molecule has 0 fully saturated rings. The van der Waals surface area contributed by atoms with E-state index in [0.29, 0.717) is 6.61 Å². The molecule has 0 aromatic carbocycles. The first-order chi connectivity index (χ1) is 5.79. The van der Waals surface area contributed by atoms with Gasteiger partial charge in [-0.15, -0.1) is 12.6 Å². The fourth-order valence-electron chi connectivity index (χ4n) is 1.00. The summed E-state index contributed by atoms with van der Waals surface area (Å²) in [5, 5.41) is 0. The van der Waals surface area contributed by atoms with E-state index in [9.17, 15) is 0 Å². The van der Waals surface area contributed by atoms with Gasteiger partial charge in [-0.2, -0.15) is 0 Å². The number of ether oxygens (including phenoxy) is 1. The Labute approximate surface area is 79.2 Å². The Kier molecular flexibility index (Phi) is 4.01. The molecule has 0 aromatic heterocycles. The molecule has 0 radical (unpaired) electrons. The Bertz CT molecular complexity index is 216.